The maximum atomic E-state index is 10.9. The summed E-state index contributed by atoms with van der Waals surface area (Å²) in [5.41, 5.74) is 0. The summed E-state index contributed by atoms with van der Waals surface area (Å²) in [7, 11) is 0. The van der Waals surface area contributed by atoms with Gasteiger partial charge in [0.2, 0.25) is 0 Å². The van der Waals surface area contributed by atoms with Crippen LogP contribution >= 0.6 is 0 Å². The molecule has 0 aliphatic heterocycles. The van der Waals surface area contributed by atoms with Crippen LogP contribution in [0.15, 0.2) is 0 Å². The van der Waals surface area contributed by atoms with Gasteiger partial charge in [0.05, 0.1) is 12.7 Å². The number of rotatable bonds is 6. The fourth-order valence-corrected chi connectivity index (χ4v) is 0.678. The lowest BCUT2D eigenvalue weighted by Crippen LogP contribution is -2.39. The molecule has 3 N–H and O–H groups in total. The van der Waals surface area contributed by atoms with Gasteiger partial charge in [0.25, 0.3) is 0 Å². The third kappa shape index (κ3) is 8.79. The highest BCUT2D eigenvalue weighted by atomic mass is 16.5. The molecule has 0 unspecified atom stereocenters. The zero-order valence-corrected chi connectivity index (χ0v) is 8.37. The molecule has 0 fully saturated rings. The number of nitrogens with one attached hydrogen (secondary N) is 2. The molecular weight excluding hydrogens is 188 g/mol. The molecule has 2 amide bonds. The van der Waals surface area contributed by atoms with Gasteiger partial charge in [0.1, 0.15) is 6.54 Å². The van der Waals surface area contributed by atoms with Gasteiger partial charge in [-0.3, -0.25) is 4.79 Å². The Morgan fingerprint density at radius 3 is 2.50 bits per heavy atom. The first kappa shape index (κ1) is 12.7. The highest BCUT2D eigenvalue weighted by molar-refractivity contribution is 5.79. The molecule has 0 heterocycles. The Kier molecular flexibility index (Phi) is 6.47. The highest BCUT2D eigenvalue weighted by Gasteiger charge is 2.01. The van der Waals surface area contributed by atoms with Crippen LogP contribution in [0.1, 0.15) is 13.8 Å². The lowest BCUT2D eigenvalue weighted by atomic mass is 10.5. The lowest BCUT2D eigenvalue weighted by molar-refractivity contribution is -0.135. The van der Waals surface area contributed by atoms with Crippen molar-refractivity contribution in [1.82, 2.24) is 10.6 Å². The number of urea groups is 1. The molecule has 0 aromatic rings. The average Bonchev–Trinajstić information content (AvgIpc) is 2.08. The number of carbonyl (C=O) groups excluding carboxylic acids is 1. The van der Waals surface area contributed by atoms with E-state index in [2.05, 4.69) is 10.6 Å². The average molecular weight is 204 g/mol. The first-order chi connectivity index (χ1) is 6.52. The molecule has 0 saturated heterocycles. The molecule has 0 radical (unpaired) electrons. The van der Waals surface area contributed by atoms with Gasteiger partial charge >= 0.3 is 12.0 Å². The summed E-state index contributed by atoms with van der Waals surface area (Å²) in [5.74, 6) is -1.07. The van der Waals surface area contributed by atoms with Gasteiger partial charge < -0.3 is 20.5 Å². The maximum absolute atomic E-state index is 10.9. The molecular formula is C8H16N2O4. The zero-order chi connectivity index (χ0) is 11.0. The van der Waals surface area contributed by atoms with E-state index in [0.717, 1.165) is 0 Å². The summed E-state index contributed by atoms with van der Waals surface area (Å²) in [4.78, 5) is 20.9. The van der Waals surface area contributed by atoms with Gasteiger partial charge in [0.15, 0.2) is 0 Å². The molecule has 0 aliphatic carbocycles. The second-order valence-corrected chi connectivity index (χ2v) is 2.92. The highest BCUT2D eigenvalue weighted by Crippen LogP contribution is 1.84. The molecule has 0 rings (SSSR count). The van der Waals surface area contributed by atoms with Gasteiger partial charge in [-0.1, -0.05) is 0 Å². The van der Waals surface area contributed by atoms with Crippen LogP contribution in [0.2, 0.25) is 0 Å². The number of amides is 2. The van der Waals surface area contributed by atoms with Crippen LogP contribution in [-0.4, -0.2) is 42.9 Å². The van der Waals surface area contributed by atoms with Gasteiger partial charge in [-0.15, -0.1) is 0 Å². The van der Waals surface area contributed by atoms with Crippen LogP contribution < -0.4 is 10.6 Å². The monoisotopic (exact) mass is 204 g/mol. The fourth-order valence-electron chi connectivity index (χ4n) is 0.678. The largest absolute Gasteiger partial charge is 0.480 e. The van der Waals surface area contributed by atoms with E-state index in [9.17, 15) is 9.59 Å². The van der Waals surface area contributed by atoms with Crippen molar-refractivity contribution in [2.45, 2.75) is 20.0 Å². The number of carboxylic acid groups (broad SMARTS) is 1. The molecule has 14 heavy (non-hydrogen) atoms. The van der Waals surface area contributed by atoms with E-state index in [0.29, 0.717) is 13.2 Å². The minimum absolute atomic E-state index is 0.124. The third-order valence-corrected chi connectivity index (χ3v) is 1.24. The third-order valence-electron chi connectivity index (χ3n) is 1.24. The molecule has 0 aromatic heterocycles. The predicted octanol–water partition coefficient (Wildman–Crippen LogP) is -0.205. The van der Waals surface area contributed by atoms with E-state index in [4.69, 9.17) is 9.84 Å². The number of hydrogen-bond donors (Lipinski definition) is 3. The first-order valence-corrected chi connectivity index (χ1v) is 4.37. The van der Waals surface area contributed by atoms with Gasteiger partial charge in [-0.25, -0.2) is 4.79 Å². The van der Waals surface area contributed by atoms with E-state index >= 15 is 0 Å². The van der Waals surface area contributed by atoms with Crippen LogP contribution in [0.5, 0.6) is 0 Å². The van der Waals surface area contributed by atoms with Crippen molar-refractivity contribution in [2.24, 2.45) is 0 Å². The van der Waals surface area contributed by atoms with E-state index in [1.165, 1.54) is 0 Å². The minimum Gasteiger partial charge on any atom is -0.480 e. The number of carboxylic acids is 1. The second-order valence-electron chi connectivity index (χ2n) is 2.92. The molecule has 0 aliphatic rings. The number of ether oxygens (including phenoxy) is 1. The first-order valence-electron chi connectivity index (χ1n) is 4.37. The van der Waals surface area contributed by atoms with Crippen molar-refractivity contribution in [2.75, 3.05) is 19.7 Å². The van der Waals surface area contributed by atoms with E-state index < -0.39 is 12.0 Å². The van der Waals surface area contributed by atoms with Crippen molar-refractivity contribution in [3.8, 4) is 0 Å². The summed E-state index contributed by atoms with van der Waals surface area (Å²) in [6, 6.07) is -0.500. The number of carbonyl (C=O) groups is 2. The Morgan fingerprint density at radius 2 is 2.00 bits per heavy atom. The van der Waals surface area contributed by atoms with Gasteiger partial charge in [-0.2, -0.15) is 0 Å². The van der Waals surface area contributed by atoms with Crippen LogP contribution in [0, 0.1) is 0 Å². The smallest absolute Gasteiger partial charge is 0.323 e. The molecule has 0 spiro atoms. The van der Waals surface area contributed by atoms with Crippen molar-refractivity contribution in [3.05, 3.63) is 0 Å². The molecule has 0 atom stereocenters. The van der Waals surface area contributed by atoms with Crippen LogP contribution in [-0.2, 0) is 9.53 Å². The molecule has 6 nitrogen and oxygen atoms in total. The normalized spacial score (nSPS) is 9.93. The summed E-state index contributed by atoms with van der Waals surface area (Å²) in [5, 5.41) is 12.9. The van der Waals surface area contributed by atoms with Crippen molar-refractivity contribution < 1.29 is 19.4 Å². The second kappa shape index (κ2) is 7.14. The van der Waals surface area contributed by atoms with Crippen LogP contribution in [0.4, 0.5) is 4.79 Å². The molecule has 6 heteroatoms. The summed E-state index contributed by atoms with van der Waals surface area (Å²) < 4.78 is 5.16. The quantitative estimate of drug-likeness (QED) is 0.523. The minimum atomic E-state index is -1.07. The molecule has 0 aromatic carbocycles. The molecule has 0 saturated carbocycles. The summed E-state index contributed by atoms with van der Waals surface area (Å²) >= 11 is 0. The number of aliphatic carboxylic acids is 1. The Balaban J connectivity index is 3.31. The van der Waals surface area contributed by atoms with Crippen molar-refractivity contribution in [3.63, 3.8) is 0 Å². The van der Waals surface area contributed by atoms with E-state index in [-0.39, 0.29) is 12.6 Å². The van der Waals surface area contributed by atoms with E-state index in [1.54, 1.807) is 0 Å². The zero-order valence-electron chi connectivity index (χ0n) is 8.37. The Hall–Kier alpha value is -1.30. The van der Waals surface area contributed by atoms with Gasteiger partial charge in [0, 0.05) is 6.54 Å². The van der Waals surface area contributed by atoms with E-state index in [1.807, 2.05) is 13.8 Å². The van der Waals surface area contributed by atoms with Crippen molar-refractivity contribution in [1.29, 1.82) is 0 Å². The Bertz CT molecular complexity index is 194. The van der Waals surface area contributed by atoms with Gasteiger partial charge in [-0.05, 0) is 13.8 Å². The molecule has 0 bridgehead atoms. The van der Waals surface area contributed by atoms with Crippen LogP contribution in [0.3, 0.4) is 0 Å². The lowest BCUT2D eigenvalue weighted by Gasteiger charge is -2.08. The van der Waals surface area contributed by atoms with Crippen LogP contribution in [0.25, 0.3) is 0 Å². The molecule has 82 valence electrons. The fraction of sp³-hybridized carbons (Fsp3) is 0.750. The standard InChI is InChI=1S/C8H16N2O4/c1-6(2)14-4-3-9-8(13)10-5-7(11)12/h6H,3-5H2,1-2H3,(H,11,12)(H2,9,10,13). The summed E-state index contributed by atoms with van der Waals surface area (Å²) in [6.07, 6.45) is 0.124. The Labute approximate surface area is 82.6 Å². The topological polar surface area (TPSA) is 87.7 Å². The maximum Gasteiger partial charge on any atom is 0.323 e. The SMILES string of the molecule is CC(C)OCCNC(=O)NCC(=O)O. The van der Waals surface area contributed by atoms with Crippen molar-refractivity contribution >= 4 is 12.0 Å². The summed E-state index contributed by atoms with van der Waals surface area (Å²) in [6.45, 7) is 4.19. The Morgan fingerprint density at radius 1 is 1.36 bits per heavy atom. The number of hydrogen-bond acceptors (Lipinski definition) is 3. The predicted molar refractivity (Wildman–Crippen MR) is 50.1 cm³/mol.